The van der Waals surface area contributed by atoms with E-state index in [-0.39, 0.29) is 15.6 Å². The molecular formula is C17H13Cl2NO4. The Labute approximate surface area is 147 Å². The minimum atomic E-state index is -2.05. The fourth-order valence-electron chi connectivity index (χ4n) is 2.87. The number of ketones is 1. The number of carbonyl (C=O) groups excluding carboxylic acids is 2. The third kappa shape index (κ3) is 2.36. The second-order valence-electron chi connectivity index (χ2n) is 5.64. The van der Waals surface area contributed by atoms with Crippen LogP contribution in [0.4, 0.5) is 5.69 Å². The van der Waals surface area contributed by atoms with Crippen LogP contribution < -0.4 is 5.32 Å². The molecule has 3 N–H and O–H groups in total. The number of phenols is 1. The van der Waals surface area contributed by atoms with Crippen molar-refractivity contribution in [3.8, 4) is 5.75 Å². The maximum Gasteiger partial charge on any atom is 0.261 e. The van der Waals surface area contributed by atoms with E-state index < -0.39 is 29.0 Å². The van der Waals surface area contributed by atoms with Gasteiger partial charge in [-0.15, -0.1) is 0 Å². The van der Waals surface area contributed by atoms with Crippen molar-refractivity contribution >= 4 is 40.6 Å². The third-order valence-electron chi connectivity index (χ3n) is 4.25. The van der Waals surface area contributed by atoms with Crippen molar-refractivity contribution in [2.75, 3.05) is 5.32 Å². The average Bonchev–Trinajstić information content (AvgIpc) is 2.82. The summed E-state index contributed by atoms with van der Waals surface area (Å²) in [5.74, 6) is -2.95. The minimum absolute atomic E-state index is 0.0821. The number of amides is 1. The second-order valence-corrected chi connectivity index (χ2v) is 6.48. The van der Waals surface area contributed by atoms with Gasteiger partial charge in [-0.25, -0.2) is 0 Å². The van der Waals surface area contributed by atoms with Crippen molar-refractivity contribution in [2.45, 2.75) is 12.5 Å². The van der Waals surface area contributed by atoms with E-state index in [0.717, 1.165) is 0 Å². The molecule has 1 aliphatic rings. The zero-order valence-corrected chi connectivity index (χ0v) is 14.0. The first kappa shape index (κ1) is 16.8. The maximum absolute atomic E-state index is 12.8. The Hall–Kier alpha value is -2.08. The molecule has 0 saturated carbocycles. The summed E-state index contributed by atoms with van der Waals surface area (Å²) in [6, 6.07) is 9.13. The zero-order chi connectivity index (χ0) is 17.6. The van der Waals surface area contributed by atoms with Gasteiger partial charge in [0.1, 0.15) is 5.75 Å². The lowest BCUT2D eigenvalue weighted by Gasteiger charge is -2.27. The van der Waals surface area contributed by atoms with Crippen molar-refractivity contribution in [1.82, 2.24) is 0 Å². The van der Waals surface area contributed by atoms with Gasteiger partial charge in [0.05, 0.1) is 16.5 Å². The fourth-order valence-corrected chi connectivity index (χ4v) is 3.36. The maximum atomic E-state index is 12.8. The van der Waals surface area contributed by atoms with Gasteiger partial charge >= 0.3 is 0 Å². The molecule has 0 spiro atoms. The molecule has 2 unspecified atom stereocenters. The van der Waals surface area contributed by atoms with Crippen LogP contribution in [0.1, 0.15) is 22.8 Å². The third-order valence-corrected chi connectivity index (χ3v) is 4.75. The van der Waals surface area contributed by atoms with Crippen LogP contribution in [0.25, 0.3) is 0 Å². The van der Waals surface area contributed by atoms with Crippen molar-refractivity contribution in [1.29, 1.82) is 0 Å². The molecule has 124 valence electrons. The van der Waals surface area contributed by atoms with E-state index in [1.54, 1.807) is 24.3 Å². The summed E-state index contributed by atoms with van der Waals surface area (Å²) in [5, 5.41) is 23.6. The lowest BCUT2D eigenvalue weighted by molar-refractivity contribution is -0.137. The van der Waals surface area contributed by atoms with Gasteiger partial charge in [-0.3, -0.25) is 9.59 Å². The van der Waals surface area contributed by atoms with Gasteiger partial charge in [-0.2, -0.15) is 0 Å². The van der Waals surface area contributed by atoms with Gasteiger partial charge in [-0.05, 0) is 18.2 Å². The molecule has 0 aromatic heterocycles. The molecule has 0 saturated heterocycles. The van der Waals surface area contributed by atoms with Crippen LogP contribution in [-0.2, 0) is 10.4 Å². The number of aliphatic hydroxyl groups is 1. The van der Waals surface area contributed by atoms with E-state index in [4.69, 9.17) is 23.2 Å². The van der Waals surface area contributed by atoms with Crippen LogP contribution in [0.15, 0.2) is 36.4 Å². The summed E-state index contributed by atoms with van der Waals surface area (Å²) in [6.45, 7) is 1.41. The number of halogens is 2. The lowest BCUT2D eigenvalue weighted by Crippen LogP contribution is -2.44. The number of para-hydroxylation sites is 1. The van der Waals surface area contributed by atoms with E-state index >= 15 is 0 Å². The molecule has 7 heteroatoms. The summed E-state index contributed by atoms with van der Waals surface area (Å²) in [4.78, 5) is 25.1. The number of nitrogens with one attached hydrogen (secondary N) is 1. The molecule has 24 heavy (non-hydrogen) atoms. The molecule has 0 fully saturated rings. The lowest BCUT2D eigenvalue weighted by atomic mass is 9.79. The van der Waals surface area contributed by atoms with Crippen LogP contribution in [0.2, 0.25) is 10.0 Å². The van der Waals surface area contributed by atoms with Gasteiger partial charge in [0, 0.05) is 16.3 Å². The molecule has 3 rings (SSSR count). The highest BCUT2D eigenvalue weighted by molar-refractivity contribution is 6.36. The number of Topliss-reactive ketones (excluding diaryl/α,β-unsaturated/α-hetero) is 1. The minimum Gasteiger partial charge on any atom is -0.506 e. The smallest absolute Gasteiger partial charge is 0.261 e. The van der Waals surface area contributed by atoms with Crippen LogP contribution in [0, 0.1) is 5.92 Å². The first-order valence-corrected chi connectivity index (χ1v) is 7.88. The molecule has 0 radical (unpaired) electrons. The summed E-state index contributed by atoms with van der Waals surface area (Å²) in [6.07, 6.45) is 0. The van der Waals surface area contributed by atoms with E-state index in [1.807, 2.05) is 0 Å². The van der Waals surface area contributed by atoms with E-state index in [1.165, 1.54) is 19.1 Å². The molecule has 5 nitrogen and oxygen atoms in total. The Morgan fingerprint density at radius 2 is 1.92 bits per heavy atom. The standard InChI is InChI=1S/C17H13Cl2NO4/c1-8(14(21)10-6-9(18)7-12(19)15(10)22)17(24)11-4-2-3-5-13(11)20-16(17)23/h2-8,22,24H,1H3,(H,20,23). The van der Waals surface area contributed by atoms with Crippen LogP contribution in [-0.4, -0.2) is 21.9 Å². The first-order chi connectivity index (χ1) is 11.3. The Kier molecular flexibility index (Phi) is 4.03. The molecule has 2 aromatic carbocycles. The van der Waals surface area contributed by atoms with Gasteiger partial charge < -0.3 is 15.5 Å². The summed E-state index contributed by atoms with van der Waals surface area (Å²) >= 11 is 11.7. The molecule has 0 bridgehead atoms. The number of benzene rings is 2. The van der Waals surface area contributed by atoms with Gasteiger partial charge in [-0.1, -0.05) is 48.3 Å². The predicted octanol–water partition coefficient (Wildman–Crippen LogP) is 3.36. The van der Waals surface area contributed by atoms with E-state index in [9.17, 15) is 19.8 Å². The topological polar surface area (TPSA) is 86.6 Å². The van der Waals surface area contributed by atoms with Gasteiger partial charge in [0.2, 0.25) is 0 Å². The van der Waals surface area contributed by atoms with E-state index in [0.29, 0.717) is 11.3 Å². The number of anilines is 1. The molecule has 1 aliphatic heterocycles. The second kappa shape index (κ2) is 5.77. The SMILES string of the molecule is CC(C(=O)c1cc(Cl)cc(Cl)c1O)C1(O)C(=O)Nc2ccccc21. The quantitative estimate of drug-likeness (QED) is 0.727. The Morgan fingerprint density at radius 1 is 1.25 bits per heavy atom. The van der Waals surface area contributed by atoms with Crippen LogP contribution >= 0.6 is 23.2 Å². The molecule has 2 atom stereocenters. The zero-order valence-electron chi connectivity index (χ0n) is 12.5. The summed E-state index contributed by atoms with van der Waals surface area (Å²) < 4.78 is 0. The largest absolute Gasteiger partial charge is 0.506 e. The van der Waals surface area contributed by atoms with Crippen LogP contribution in [0.3, 0.4) is 0 Å². The van der Waals surface area contributed by atoms with Crippen molar-refractivity contribution in [3.05, 3.63) is 57.6 Å². The fraction of sp³-hybridized carbons (Fsp3) is 0.176. The number of fused-ring (bicyclic) bond motifs is 1. The Balaban J connectivity index is 2.08. The van der Waals surface area contributed by atoms with Crippen molar-refractivity contribution < 1.29 is 19.8 Å². The van der Waals surface area contributed by atoms with Crippen molar-refractivity contribution in [2.24, 2.45) is 5.92 Å². The average molecular weight is 366 g/mol. The summed E-state index contributed by atoms with van der Waals surface area (Å²) in [5.41, 5.74) is -1.44. The molecular weight excluding hydrogens is 353 g/mol. The van der Waals surface area contributed by atoms with Gasteiger partial charge in [0.25, 0.3) is 5.91 Å². The highest BCUT2D eigenvalue weighted by Crippen LogP contribution is 2.43. The highest BCUT2D eigenvalue weighted by Gasteiger charge is 2.52. The number of rotatable bonds is 3. The number of phenolic OH excluding ortho intramolecular Hbond substituents is 1. The molecule has 0 aliphatic carbocycles. The molecule has 2 aromatic rings. The number of aromatic hydroxyl groups is 1. The predicted molar refractivity (Wildman–Crippen MR) is 90.6 cm³/mol. The molecule has 1 heterocycles. The first-order valence-electron chi connectivity index (χ1n) is 7.12. The van der Waals surface area contributed by atoms with Crippen LogP contribution in [0.5, 0.6) is 5.75 Å². The Morgan fingerprint density at radius 3 is 2.62 bits per heavy atom. The highest BCUT2D eigenvalue weighted by atomic mass is 35.5. The molecule has 1 amide bonds. The number of hydrogen-bond acceptors (Lipinski definition) is 4. The van der Waals surface area contributed by atoms with Gasteiger partial charge in [0.15, 0.2) is 11.4 Å². The normalized spacial score (nSPS) is 20.4. The number of hydrogen-bond donors (Lipinski definition) is 3. The van der Waals surface area contributed by atoms with Crippen molar-refractivity contribution in [3.63, 3.8) is 0 Å². The van der Waals surface area contributed by atoms with E-state index in [2.05, 4.69) is 5.32 Å². The number of carbonyl (C=O) groups is 2. The Bertz CT molecular complexity index is 868. The monoisotopic (exact) mass is 365 g/mol. The summed E-state index contributed by atoms with van der Waals surface area (Å²) in [7, 11) is 0.